The number of halogens is 3. The minimum atomic E-state index is -2.68. The molecule has 2 aliphatic rings. The number of H-pyrrole nitrogens is 1. The fraction of sp³-hybridized carbons (Fsp3) is 0.381. The zero-order valence-corrected chi connectivity index (χ0v) is 16.7. The number of alkyl halides is 2. The van der Waals surface area contributed by atoms with Gasteiger partial charge in [-0.15, -0.1) is 0 Å². The van der Waals surface area contributed by atoms with E-state index in [0.29, 0.717) is 29.9 Å². The second-order valence-electron chi connectivity index (χ2n) is 8.21. The van der Waals surface area contributed by atoms with Crippen molar-refractivity contribution in [3.63, 3.8) is 0 Å². The van der Waals surface area contributed by atoms with E-state index in [1.807, 2.05) is 11.9 Å². The van der Waals surface area contributed by atoms with E-state index in [-0.39, 0.29) is 35.4 Å². The van der Waals surface area contributed by atoms with Crippen LogP contribution >= 0.6 is 0 Å². The topological polar surface area (TPSA) is 90.0 Å². The maximum absolute atomic E-state index is 14.6. The van der Waals surface area contributed by atoms with Gasteiger partial charge < -0.3 is 15.3 Å². The molecule has 0 spiro atoms. The van der Waals surface area contributed by atoms with Crippen molar-refractivity contribution < 1.29 is 18.3 Å². The van der Waals surface area contributed by atoms with E-state index in [1.165, 1.54) is 36.9 Å². The third-order valence-electron chi connectivity index (χ3n) is 6.25. The molecular formula is C21H21F3N6O. The molecule has 5 rings (SSSR count). The number of aromatic nitrogens is 4. The number of aromatic amines is 1. The first-order valence-corrected chi connectivity index (χ1v) is 10.0. The molecule has 7 nitrogen and oxygen atoms in total. The Morgan fingerprint density at radius 3 is 2.65 bits per heavy atom. The van der Waals surface area contributed by atoms with Crippen molar-refractivity contribution in [1.29, 1.82) is 0 Å². The molecular weight excluding hydrogens is 409 g/mol. The van der Waals surface area contributed by atoms with Gasteiger partial charge in [-0.2, -0.15) is 5.10 Å². The molecule has 3 N–H and O–H groups in total. The minimum Gasteiger partial charge on any atom is -0.507 e. The Morgan fingerprint density at radius 2 is 1.97 bits per heavy atom. The monoisotopic (exact) mass is 430 g/mol. The highest BCUT2D eigenvalue weighted by Crippen LogP contribution is 2.41. The molecule has 0 saturated carbocycles. The fourth-order valence-corrected chi connectivity index (χ4v) is 4.56. The average Bonchev–Trinajstić information content (AvgIpc) is 3.35. The summed E-state index contributed by atoms with van der Waals surface area (Å²) in [4.78, 5) is 10.6. The van der Waals surface area contributed by atoms with Crippen molar-refractivity contribution in [3.05, 3.63) is 42.7 Å². The van der Waals surface area contributed by atoms with E-state index in [2.05, 4.69) is 25.5 Å². The molecule has 31 heavy (non-hydrogen) atoms. The molecule has 4 heterocycles. The summed E-state index contributed by atoms with van der Waals surface area (Å²) in [6, 6.07) is 1.42. The summed E-state index contributed by atoms with van der Waals surface area (Å²) < 4.78 is 42.6. The van der Waals surface area contributed by atoms with Crippen molar-refractivity contribution in [3.8, 4) is 28.1 Å². The van der Waals surface area contributed by atoms with Gasteiger partial charge in [0.1, 0.15) is 17.4 Å². The van der Waals surface area contributed by atoms with Crippen LogP contribution in [0.5, 0.6) is 5.75 Å². The molecule has 2 aromatic heterocycles. The van der Waals surface area contributed by atoms with Crippen LogP contribution in [0.15, 0.2) is 36.9 Å². The second-order valence-corrected chi connectivity index (χ2v) is 8.21. The van der Waals surface area contributed by atoms with Crippen molar-refractivity contribution in [2.45, 2.75) is 43.3 Å². The Labute approximate surface area is 176 Å². The molecule has 2 bridgehead atoms. The fourth-order valence-electron chi connectivity index (χ4n) is 4.56. The summed E-state index contributed by atoms with van der Waals surface area (Å²) in [7, 11) is 1.81. The molecule has 162 valence electrons. The molecule has 3 aromatic rings. The van der Waals surface area contributed by atoms with Gasteiger partial charge in [-0.1, -0.05) is 0 Å². The number of anilines is 1. The van der Waals surface area contributed by atoms with Gasteiger partial charge in [0.05, 0.1) is 30.3 Å². The van der Waals surface area contributed by atoms with Gasteiger partial charge in [-0.3, -0.25) is 10.1 Å². The van der Waals surface area contributed by atoms with Crippen LogP contribution in [0.4, 0.5) is 19.0 Å². The summed E-state index contributed by atoms with van der Waals surface area (Å²) in [5, 5.41) is 19.8. The van der Waals surface area contributed by atoms with Crippen LogP contribution in [0.2, 0.25) is 0 Å². The Balaban J connectivity index is 1.36. The number of piperidine rings is 1. The molecule has 0 radical (unpaired) electrons. The Morgan fingerprint density at radius 1 is 1.13 bits per heavy atom. The number of rotatable bonds is 4. The van der Waals surface area contributed by atoms with Crippen LogP contribution in [0.25, 0.3) is 22.4 Å². The van der Waals surface area contributed by atoms with E-state index in [1.54, 1.807) is 0 Å². The highest BCUT2D eigenvalue weighted by molar-refractivity contribution is 5.74. The lowest BCUT2D eigenvalue weighted by Gasteiger charge is -2.36. The van der Waals surface area contributed by atoms with E-state index in [0.717, 1.165) is 0 Å². The van der Waals surface area contributed by atoms with E-state index in [4.69, 9.17) is 0 Å². The number of hydrogen-bond acceptors (Lipinski definition) is 6. The van der Waals surface area contributed by atoms with E-state index < -0.39 is 17.8 Å². The number of nitrogens with one attached hydrogen (secondary N) is 2. The summed E-state index contributed by atoms with van der Waals surface area (Å²) in [6.07, 6.45) is 6.75. The predicted molar refractivity (Wildman–Crippen MR) is 108 cm³/mol. The highest BCUT2D eigenvalue weighted by atomic mass is 19.3. The van der Waals surface area contributed by atoms with Gasteiger partial charge in [-0.25, -0.2) is 18.2 Å². The van der Waals surface area contributed by atoms with Gasteiger partial charge in [0.2, 0.25) is 0 Å². The molecule has 2 unspecified atom stereocenters. The lowest BCUT2D eigenvalue weighted by molar-refractivity contribution is -0.0128. The van der Waals surface area contributed by atoms with Crippen LogP contribution in [0.1, 0.15) is 19.3 Å². The van der Waals surface area contributed by atoms with Crippen molar-refractivity contribution in [2.75, 3.05) is 11.9 Å². The van der Waals surface area contributed by atoms with Gasteiger partial charge in [0.25, 0.3) is 5.92 Å². The molecule has 3 atom stereocenters. The van der Waals surface area contributed by atoms with Gasteiger partial charge in [-0.05, 0) is 25.0 Å². The Bertz CT molecular complexity index is 1090. The van der Waals surface area contributed by atoms with E-state index in [9.17, 15) is 18.3 Å². The molecule has 2 aliphatic heterocycles. The van der Waals surface area contributed by atoms with Crippen molar-refractivity contribution in [2.24, 2.45) is 0 Å². The first kappa shape index (κ1) is 19.8. The summed E-state index contributed by atoms with van der Waals surface area (Å²) >= 11 is 0. The second kappa shape index (κ2) is 7.23. The SMILES string of the molecule is CN(c1cnc(-c2cc(F)c(-c3cn[nH]c3)cc2O)cn1)[C@@H]1CC2CC(F)(F)C(C1)N2. The van der Waals surface area contributed by atoms with Crippen LogP contribution in [-0.4, -0.2) is 56.4 Å². The quantitative estimate of drug-likeness (QED) is 0.588. The number of phenols is 1. The lowest BCUT2D eigenvalue weighted by atomic mass is 9.98. The number of fused-ring (bicyclic) bond motifs is 2. The summed E-state index contributed by atoms with van der Waals surface area (Å²) in [5.74, 6) is -2.80. The van der Waals surface area contributed by atoms with Crippen LogP contribution in [0, 0.1) is 5.82 Å². The van der Waals surface area contributed by atoms with Crippen molar-refractivity contribution >= 4 is 5.82 Å². The Hall–Kier alpha value is -3.14. The summed E-state index contributed by atoms with van der Waals surface area (Å²) in [6.45, 7) is 0. The first-order valence-electron chi connectivity index (χ1n) is 10.0. The van der Waals surface area contributed by atoms with Gasteiger partial charge in [0, 0.05) is 48.4 Å². The molecule has 0 amide bonds. The van der Waals surface area contributed by atoms with Crippen molar-refractivity contribution in [1.82, 2.24) is 25.5 Å². The Kier molecular flexibility index (Phi) is 4.62. The minimum absolute atomic E-state index is 0.0788. The third-order valence-corrected chi connectivity index (χ3v) is 6.25. The van der Waals surface area contributed by atoms with E-state index >= 15 is 0 Å². The largest absolute Gasteiger partial charge is 0.507 e. The zero-order valence-electron chi connectivity index (χ0n) is 16.7. The first-order chi connectivity index (χ1) is 14.8. The van der Waals surface area contributed by atoms with Gasteiger partial charge in [0.15, 0.2) is 0 Å². The number of benzene rings is 1. The van der Waals surface area contributed by atoms with Crippen LogP contribution < -0.4 is 10.2 Å². The average molecular weight is 430 g/mol. The summed E-state index contributed by atoms with van der Waals surface area (Å²) in [5.41, 5.74) is 1.26. The molecule has 0 aliphatic carbocycles. The smallest absolute Gasteiger partial charge is 0.264 e. The predicted octanol–water partition coefficient (Wildman–Crippen LogP) is 3.34. The molecule has 2 saturated heterocycles. The maximum atomic E-state index is 14.6. The third kappa shape index (κ3) is 3.50. The number of nitrogens with zero attached hydrogens (tertiary/aromatic N) is 4. The molecule has 10 heteroatoms. The standard InChI is InChI=1S/C21H21F3N6O/c1-30(13-2-12-6-21(23,24)19(3-13)29-12)20-10-25-17(9-26-20)15-4-16(22)14(5-18(15)31)11-7-27-28-8-11/h4-5,7-10,12-13,19,29,31H,2-3,6H2,1H3,(H,27,28)/t12?,13-,19?/m1/s1. The van der Waals surface area contributed by atoms with Gasteiger partial charge >= 0.3 is 0 Å². The molecule has 1 aromatic carbocycles. The normalized spacial score (nSPS) is 24.3. The maximum Gasteiger partial charge on any atom is 0.264 e. The zero-order chi connectivity index (χ0) is 21.8. The number of phenolic OH excluding ortho intramolecular Hbond substituents is 1. The highest BCUT2D eigenvalue weighted by Gasteiger charge is 2.53. The lowest BCUT2D eigenvalue weighted by Crippen LogP contribution is -2.49. The number of hydrogen-bond donors (Lipinski definition) is 3. The number of aromatic hydroxyl groups is 1. The molecule has 2 fully saturated rings. The van der Waals surface area contributed by atoms with Crippen LogP contribution in [-0.2, 0) is 0 Å². The van der Waals surface area contributed by atoms with Crippen LogP contribution in [0.3, 0.4) is 0 Å².